The van der Waals surface area contributed by atoms with Gasteiger partial charge in [-0.1, -0.05) is 6.07 Å². The summed E-state index contributed by atoms with van der Waals surface area (Å²) in [6.45, 7) is 2.00. The summed E-state index contributed by atoms with van der Waals surface area (Å²) in [7, 11) is 1.40. The van der Waals surface area contributed by atoms with Crippen molar-refractivity contribution in [3.63, 3.8) is 0 Å². The first-order valence-electron chi connectivity index (χ1n) is 6.26. The Morgan fingerprint density at radius 1 is 1.29 bits per heavy atom. The minimum atomic E-state index is -1.06. The molecule has 0 aliphatic heterocycles. The van der Waals surface area contributed by atoms with Crippen molar-refractivity contribution in [2.24, 2.45) is 0 Å². The van der Waals surface area contributed by atoms with Gasteiger partial charge in [0, 0.05) is 6.54 Å². The molecule has 1 aromatic heterocycles. The van der Waals surface area contributed by atoms with E-state index in [1.54, 1.807) is 31.2 Å². The van der Waals surface area contributed by atoms with Crippen LogP contribution in [0.25, 0.3) is 0 Å². The maximum Gasteiger partial charge on any atom is 0.339 e. The summed E-state index contributed by atoms with van der Waals surface area (Å²) in [5, 5.41) is 11.7. The van der Waals surface area contributed by atoms with Gasteiger partial charge in [-0.05, 0) is 36.8 Å². The highest BCUT2D eigenvalue weighted by Gasteiger charge is 2.13. The molecule has 1 aromatic carbocycles. The molecule has 2 rings (SSSR count). The Kier molecular flexibility index (Phi) is 4.27. The second-order valence-electron chi connectivity index (χ2n) is 4.43. The quantitative estimate of drug-likeness (QED) is 0.881. The van der Waals surface area contributed by atoms with E-state index in [1.807, 2.05) is 0 Å². The summed E-state index contributed by atoms with van der Waals surface area (Å²) in [4.78, 5) is 22.8. The average molecular weight is 289 g/mol. The fourth-order valence-electron chi connectivity index (χ4n) is 1.85. The lowest BCUT2D eigenvalue weighted by Crippen LogP contribution is -2.22. The SMILES string of the molecule is COc1cc(CNC(=O)c2ccc(C)o2)ccc1C(=O)O. The van der Waals surface area contributed by atoms with Crippen LogP contribution in [0, 0.1) is 6.92 Å². The number of aryl methyl sites for hydroxylation is 1. The van der Waals surface area contributed by atoms with Crippen molar-refractivity contribution in [3.8, 4) is 5.75 Å². The standard InChI is InChI=1S/C15H15NO5/c1-9-3-6-12(21-9)14(17)16-8-10-4-5-11(15(18)19)13(7-10)20-2/h3-7H,8H2,1-2H3,(H,16,17)(H,18,19). The van der Waals surface area contributed by atoms with Crippen LogP contribution >= 0.6 is 0 Å². The molecule has 1 heterocycles. The molecule has 6 heteroatoms. The monoisotopic (exact) mass is 289 g/mol. The van der Waals surface area contributed by atoms with Gasteiger partial charge in [0.2, 0.25) is 0 Å². The van der Waals surface area contributed by atoms with E-state index in [2.05, 4.69) is 5.32 Å². The van der Waals surface area contributed by atoms with Gasteiger partial charge >= 0.3 is 5.97 Å². The van der Waals surface area contributed by atoms with E-state index in [1.165, 1.54) is 13.2 Å². The lowest BCUT2D eigenvalue weighted by atomic mass is 10.1. The Morgan fingerprint density at radius 3 is 2.62 bits per heavy atom. The Morgan fingerprint density at radius 2 is 2.05 bits per heavy atom. The zero-order valence-electron chi connectivity index (χ0n) is 11.7. The van der Waals surface area contributed by atoms with Crippen LogP contribution in [0.15, 0.2) is 34.7 Å². The van der Waals surface area contributed by atoms with Crippen LogP contribution < -0.4 is 10.1 Å². The van der Waals surface area contributed by atoms with Gasteiger partial charge in [-0.15, -0.1) is 0 Å². The van der Waals surface area contributed by atoms with E-state index in [0.717, 1.165) is 5.56 Å². The molecule has 2 N–H and O–H groups in total. The molecule has 0 aliphatic carbocycles. The molecule has 1 amide bonds. The fraction of sp³-hybridized carbons (Fsp3) is 0.200. The molecule has 2 aromatic rings. The van der Waals surface area contributed by atoms with Crippen LogP contribution in [-0.4, -0.2) is 24.1 Å². The lowest BCUT2D eigenvalue weighted by molar-refractivity contribution is 0.0693. The molecule has 0 fully saturated rings. The number of carbonyl (C=O) groups excluding carboxylic acids is 1. The molecule has 0 bridgehead atoms. The zero-order chi connectivity index (χ0) is 15.4. The Labute approximate surface area is 121 Å². The number of carboxylic acid groups (broad SMARTS) is 1. The Hall–Kier alpha value is -2.76. The van der Waals surface area contributed by atoms with E-state index in [-0.39, 0.29) is 29.5 Å². The third kappa shape index (κ3) is 3.42. The number of hydrogen-bond acceptors (Lipinski definition) is 4. The smallest absolute Gasteiger partial charge is 0.339 e. The number of aromatic carboxylic acids is 1. The van der Waals surface area contributed by atoms with Crippen molar-refractivity contribution in [2.45, 2.75) is 13.5 Å². The highest BCUT2D eigenvalue weighted by molar-refractivity contribution is 5.92. The number of amides is 1. The second-order valence-corrected chi connectivity index (χ2v) is 4.43. The Bertz CT molecular complexity index is 674. The van der Waals surface area contributed by atoms with Gasteiger partial charge in [-0.2, -0.15) is 0 Å². The summed E-state index contributed by atoms with van der Waals surface area (Å²) in [5.41, 5.74) is 0.808. The van der Waals surface area contributed by atoms with Gasteiger partial charge in [0.05, 0.1) is 7.11 Å². The van der Waals surface area contributed by atoms with Gasteiger partial charge in [0.1, 0.15) is 17.1 Å². The molecule has 0 spiro atoms. The number of carboxylic acids is 1. The molecule has 0 atom stereocenters. The number of furan rings is 1. The second kappa shape index (κ2) is 6.13. The first kappa shape index (κ1) is 14.6. The van der Waals surface area contributed by atoms with E-state index >= 15 is 0 Å². The van der Waals surface area contributed by atoms with Crippen LogP contribution in [0.5, 0.6) is 5.75 Å². The molecule has 0 aliphatic rings. The van der Waals surface area contributed by atoms with Crippen LogP contribution in [0.3, 0.4) is 0 Å². The number of rotatable bonds is 5. The van der Waals surface area contributed by atoms with Gasteiger partial charge in [0.15, 0.2) is 5.76 Å². The highest BCUT2D eigenvalue weighted by Crippen LogP contribution is 2.20. The summed E-state index contributed by atoms with van der Waals surface area (Å²) in [5.74, 6) is -0.241. The number of carbonyl (C=O) groups is 2. The number of methoxy groups -OCH3 is 1. The summed E-state index contributed by atoms with van der Waals surface area (Å²) in [6.07, 6.45) is 0. The van der Waals surface area contributed by atoms with Gasteiger partial charge in [-0.25, -0.2) is 4.79 Å². The van der Waals surface area contributed by atoms with Crippen LogP contribution in [-0.2, 0) is 6.54 Å². The van der Waals surface area contributed by atoms with Crippen molar-refractivity contribution in [2.75, 3.05) is 7.11 Å². The molecule has 21 heavy (non-hydrogen) atoms. The van der Waals surface area contributed by atoms with Gasteiger partial charge in [-0.3, -0.25) is 4.79 Å². The number of nitrogens with one attached hydrogen (secondary N) is 1. The predicted octanol–water partition coefficient (Wildman–Crippen LogP) is 2.22. The van der Waals surface area contributed by atoms with Crippen LogP contribution in [0.2, 0.25) is 0 Å². The van der Waals surface area contributed by atoms with E-state index < -0.39 is 5.97 Å². The minimum absolute atomic E-state index is 0.0780. The Balaban J connectivity index is 2.06. The largest absolute Gasteiger partial charge is 0.496 e. The average Bonchev–Trinajstić information content (AvgIpc) is 2.90. The summed E-state index contributed by atoms with van der Waals surface area (Å²) in [6, 6.07) is 7.95. The zero-order valence-corrected chi connectivity index (χ0v) is 11.7. The topological polar surface area (TPSA) is 88.8 Å². The first-order chi connectivity index (χ1) is 10.0. The third-order valence-electron chi connectivity index (χ3n) is 2.91. The predicted molar refractivity (Wildman–Crippen MR) is 74.6 cm³/mol. The third-order valence-corrected chi connectivity index (χ3v) is 2.91. The molecular formula is C15H15NO5. The summed E-state index contributed by atoms with van der Waals surface area (Å²) >= 11 is 0. The van der Waals surface area contributed by atoms with Crippen molar-refractivity contribution in [3.05, 3.63) is 53.0 Å². The first-order valence-corrected chi connectivity index (χ1v) is 6.26. The number of benzene rings is 1. The van der Waals surface area contributed by atoms with E-state index in [4.69, 9.17) is 14.3 Å². The molecular weight excluding hydrogens is 274 g/mol. The fourth-order valence-corrected chi connectivity index (χ4v) is 1.85. The molecule has 0 saturated heterocycles. The normalized spacial score (nSPS) is 10.2. The van der Waals surface area contributed by atoms with Crippen LogP contribution in [0.4, 0.5) is 0 Å². The summed E-state index contributed by atoms with van der Waals surface area (Å²) < 4.78 is 10.2. The minimum Gasteiger partial charge on any atom is -0.496 e. The van der Waals surface area contributed by atoms with E-state index in [0.29, 0.717) is 5.76 Å². The molecule has 0 unspecified atom stereocenters. The van der Waals surface area contributed by atoms with Gasteiger partial charge < -0.3 is 19.6 Å². The van der Waals surface area contributed by atoms with Crippen molar-refractivity contribution < 1.29 is 23.8 Å². The van der Waals surface area contributed by atoms with Crippen LogP contribution in [0.1, 0.15) is 32.2 Å². The number of hydrogen-bond donors (Lipinski definition) is 2. The van der Waals surface area contributed by atoms with Gasteiger partial charge in [0.25, 0.3) is 5.91 Å². The lowest BCUT2D eigenvalue weighted by Gasteiger charge is -2.08. The van der Waals surface area contributed by atoms with Crippen molar-refractivity contribution in [1.29, 1.82) is 0 Å². The van der Waals surface area contributed by atoms with E-state index in [9.17, 15) is 9.59 Å². The van der Waals surface area contributed by atoms with Crippen molar-refractivity contribution >= 4 is 11.9 Å². The molecule has 0 saturated carbocycles. The molecule has 0 radical (unpaired) electrons. The highest BCUT2D eigenvalue weighted by atomic mass is 16.5. The number of ether oxygens (including phenoxy) is 1. The molecule has 110 valence electrons. The maximum atomic E-state index is 11.8. The van der Waals surface area contributed by atoms with Crippen molar-refractivity contribution in [1.82, 2.24) is 5.32 Å². The maximum absolute atomic E-state index is 11.8. The molecule has 6 nitrogen and oxygen atoms in total.